The monoisotopic (exact) mass is 440 g/mol. The van der Waals surface area contributed by atoms with Crippen LogP contribution in [0.4, 0.5) is 5.69 Å². The van der Waals surface area contributed by atoms with E-state index in [0.717, 1.165) is 22.4 Å². The minimum absolute atomic E-state index is 0.109. The van der Waals surface area contributed by atoms with E-state index in [9.17, 15) is 9.59 Å². The van der Waals surface area contributed by atoms with Gasteiger partial charge in [-0.3, -0.25) is 9.69 Å². The number of aliphatic carboxylic acids is 1. The van der Waals surface area contributed by atoms with E-state index >= 15 is 0 Å². The summed E-state index contributed by atoms with van der Waals surface area (Å²) in [5, 5.41) is 9.44. The molecule has 3 rings (SSSR count). The van der Waals surface area contributed by atoms with Crippen LogP contribution in [-0.4, -0.2) is 47.3 Å². The molecule has 31 heavy (non-hydrogen) atoms. The number of likely N-dealkylation sites (N-methyl/N-ethyl adjacent to an activating group) is 1. The van der Waals surface area contributed by atoms with Gasteiger partial charge in [-0.05, 0) is 67.4 Å². The van der Waals surface area contributed by atoms with Gasteiger partial charge in [-0.1, -0.05) is 24.3 Å². The third-order valence-electron chi connectivity index (χ3n) is 4.69. The topological polar surface area (TPSA) is 88.4 Å². The van der Waals surface area contributed by atoms with Gasteiger partial charge in [-0.15, -0.1) is 0 Å². The molecule has 0 atom stereocenters. The molecule has 1 saturated heterocycles. The summed E-state index contributed by atoms with van der Waals surface area (Å²) in [6, 6.07) is 11.1. The lowest BCUT2D eigenvalue weighted by molar-refractivity contribution is -0.139. The Balaban J connectivity index is 1.92. The molecule has 0 radical (unpaired) electrons. The standard InChI is InChI=1S/C23H24N2O5S/c1-5-25-22(28)19(31-23(25)24-21-14(2)7-6-8-15(21)3)12-16-9-10-17(18(11-16)29-4)30-13-20(26)27/h6-12H,5,13H2,1-4H3,(H,26,27)/b19-12+,24-23?. The Morgan fingerprint density at radius 2 is 1.90 bits per heavy atom. The number of carbonyl (C=O) groups excluding carboxylic acids is 1. The molecule has 2 aromatic rings. The van der Waals surface area contributed by atoms with Gasteiger partial charge >= 0.3 is 5.97 Å². The highest BCUT2D eigenvalue weighted by atomic mass is 32.2. The number of ether oxygens (including phenoxy) is 2. The van der Waals surface area contributed by atoms with Crippen molar-refractivity contribution >= 4 is 40.6 Å². The summed E-state index contributed by atoms with van der Waals surface area (Å²) >= 11 is 1.33. The van der Waals surface area contributed by atoms with Crippen LogP contribution in [0.25, 0.3) is 6.08 Å². The summed E-state index contributed by atoms with van der Waals surface area (Å²) in [6.07, 6.45) is 1.77. The van der Waals surface area contributed by atoms with Crippen molar-refractivity contribution in [1.29, 1.82) is 0 Å². The van der Waals surface area contributed by atoms with E-state index in [1.54, 1.807) is 29.2 Å². The highest BCUT2D eigenvalue weighted by Gasteiger charge is 2.32. The van der Waals surface area contributed by atoms with E-state index in [4.69, 9.17) is 19.6 Å². The molecule has 1 aliphatic rings. The Morgan fingerprint density at radius 3 is 2.52 bits per heavy atom. The molecule has 162 valence electrons. The largest absolute Gasteiger partial charge is 0.493 e. The number of amidine groups is 1. The fourth-order valence-electron chi connectivity index (χ4n) is 3.13. The van der Waals surface area contributed by atoms with Gasteiger partial charge in [0.15, 0.2) is 23.3 Å². The van der Waals surface area contributed by atoms with E-state index in [1.165, 1.54) is 18.9 Å². The van der Waals surface area contributed by atoms with Crippen LogP contribution in [0.1, 0.15) is 23.6 Å². The molecule has 0 spiro atoms. The summed E-state index contributed by atoms with van der Waals surface area (Å²) in [7, 11) is 1.48. The second-order valence-electron chi connectivity index (χ2n) is 6.89. The van der Waals surface area contributed by atoms with Crippen LogP contribution in [0, 0.1) is 13.8 Å². The van der Waals surface area contributed by atoms with E-state index in [2.05, 4.69) is 0 Å². The quantitative estimate of drug-likeness (QED) is 0.642. The smallest absolute Gasteiger partial charge is 0.341 e. The third-order valence-corrected chi connectivity index (χ3v) is 5.69. The molecule has 1 fully saturated rings. The number of hydrogen-bond donors (Lipinski definition) is 1. The van der Waals surface area contributed by atoms with Crippen molar-refractivity contribution < 1.29 is 24.2 Å². The van der Waals surface area contributed by atoms with Crippen molar-refractivity contribution in [2.24, 2.45) is 4.99 Å². The Kier molecular flexibility index (Phi) is 7.02. The maximum atomic E-state index is 12.9. The first-order chi connectivity index (χ1) is 14.8. The highest BCUT2D eigenvalue weighted by Crippen LogP contribution is 2.36. The number of thioether (sulfide) groups is 1. The second-order valence-corrected chi connectivity index (χ2v) is 7.90. The number of aliphatic imine (C=N–C) groups is 1. The predicted octanol–water partition coefficient (Wildman–Crippen LogP) is 4.40. The number of para-hydroxylation sites is 1. The van der Waals surface area contributed by atoms with Crippen LogP contribution >= 0.6 is 11.8 Å². The molecule has 1 heterocycles. The first-order valence-electron chi connectivity index (χ1n) is 9.73. The zero-order valence-electron chi connectivity index (χ0n) is 17.8. The lowest BCUT2D eigenvalue weighted by Crippen LogP contribution is -2.28. The average Bonchev–Trinajstić information content (AvgIpc) is 3.03. The molecule has 0 aromatic heterocycles. The minimum atomic E-state index is -1.07. The Morgan fingerprint density at radius 1 is 1.19 bits per heavy atom. The van der Waals surface area contributed by atoms with Crippen molar-refractivity contribution in [1.82, 2.24) is 4.90 Å². The zero-order chi connectivity index (χ0) is 22.5. The number of carboxylic acids is 1. The lowest BCUT2D eigenvalue weighted by Gasteiger charge is -2.13. The van der Waals surface area contributed by atoms with Gasteiger partial charge in [0, 0.05) is 6.54 Å². The van der Waals surface area contributed by atoms with E-state index in [0.29, 0.717) is 28.1 Å². The molecule has 0 bridgehead atoms. The fourth-order valence-corrected chi connectivity index (χ4v) is 4.18. The Hall–Kier alpha value is -3.26. The molecular weight excluding hydrogens is 416 g/mol. The van der Waals surface area contributed by atoms with Crippen LogP contribution in [-0.2, 0) is 9.59 Å². The predicted molar refractivity (Wildman–Crippen MR) is 122 cm³/mol. The van der Waals surface area contributed by atoms with Crippen molar-refractivity contribution in [2.45, 2.75) is 20.8 Å². The SMILES string of the molecule is CCN1C(=O)/C(=C\c2ccc(OCC(=O)O)c(OC)c2)SC1=Nc1c(C)cccc1C. The number of carboxylic acid groups (broad SMARTS) is 1. The molecule has 1 amide bonds. The van der Waals surface area contributed by atoms with Crippen molar-refractivity contribution in [2.75, 3.05) is 20.3 Å². The summed E-state index contributed by atoms with van der Waals surface area (Å²) in [5.41, 5.74) is 3.71. The summed E-state index contributed by atoms with van der Waals surface area (Å²) < 4.78 is 10.5. The summed E-state index contributed by atoms with van der Waals surface area (Å²) in [6.45, 7) is 5.97. The molecular formula is C23H24N2O5S. The molecule has 1 aliphatic heterocycles. The number of nitrogens with zero attached hydrogens (tertiary/aromatic N) is 2. The molecule has 7 nitrogen and oxygen atoms in total. The third kappa shape index (κ3) is 5.08. The van der Waals surface area contributed by atoms with Crippen LogP contribution in [0.2, 0.25) is 0 Å². The number of rotatable bonds is 7. The number of methoxy groups -OCH3 is 1. The highest BCUT2D eigenvalue weighted by molar-refractivity contribution is 8.18. The molecule has 0 saturated carbocycles. The van der Waals surface area contributed by atoms with E-state index < -0.39 is 12.6 Å². The van der Waals surface area contributed by atoms with Crippen LogP contribution in [0.3, 0.4) is 0 Å². The number of carbonyl (C=O) groups is 2. The number of benzene rings is 2. The Bertz CT molecular complexity index is 1060. The first-order valence-corrected chi connectivity index (χ1v) is 10.5. The molecule has 1 N–H and O–H groups in total. The number of hydrogen-bond acceptors (Lipinski definition) is 6. The summed E-state index contributed by atoms with van der Waals surface area (Å²) in [4.78, 5) is 30.7. The second kappa shape index (κ2) is 9.70. The maximum Gasteiger partial charge on any atom is 0.341 e. The van der Waals surface area contributed by atoms with E-state index in [1.807, 2.05) is 39.0 Å². The van der Waals surface area contributed by atoms with Crippen LogP contribution < -0.4 is 9.47 Å². The number of amides is 1. The summed E-state index contributed by atoms with van der Waals surface area (Å²) in [5.74, 6) is -0.466. The average molecular weight is 441 g/mol. The minimum Gasteiger partial charge on any atom is -0.493 e. The number of aryl methyl sites for hydroxylation is 2. The van der Waals surface area contributed by atoms with Gasteiger partial charge < -0.3 is 14.6 Å². The van der Waals surface area contributed by atoms with Gasteiger partial charge in [-0.25, -0.2) is 9.79 Å². The van der Waals surface area contributed by atoms with Gasteiger partial charge in [0.05, 0.1) is 17.7 Å². The Labute approximate surface area is 185 Å². The normalized spacial score (nSPS) is 16.3. The van der Waals surface area contributed by atoms with Gasteiger partial charge in [0.25, 0.3) is 5.91 Å². The fraction of sp³-hybridized carbons (Fsp3) is 0.261. The molecule has 2 aromatic carbocycles. The first kappa shape index (κ1) is 22.4. The maximum absolute atomic E-state index is 12.9. The van der Waals surface area contributed by atoms with Gasteiger partial charge in [0.2, 0.25) is 0 Å². The molecule has 0 aliphatic carbocycles. The van der Waals surface area contributed by atoms with Crippen molar-refractivity contribution in [3.05, 3.63) is 58.0 Å². The van der Waals surface area contributed by atoms with Gasteiger partial charge in [-0.2, -0.15) is 0 Å². The van der Waals surface area contributed by atoms with Crippen molar-refractivity contribution in [3.8, 4) is 11.5 Å². The zero-order valence-corrected chi connectivity index (χ0v) is 18.7. The van der Waals surface area contributed by atoms with Gasteiger partial charge in [0.1, 0.15) is 0 Å². The molecule has 0 unspecified atom stereocenters. The van der Waals surface area contributed by atoms with E-state index in [-0.39, 0.29) is 5.91 Å². The molecule has 8 heteroatoms. The lowest BCUT2D eigenvalue weighted by atomic mass is 10.1. The van der Waals surface area contributed by atoms with Crippen LogP contribution in [0.5, 0.6) is 11.5 Å². The van der Waals surface area contributed by atoms with Crippen molar-refractivity contribution in [3.63, 3.8) is 0 Å². The van der Waals surface area contributed by atoms with Crippen LogP contribution in [0.15, 0.2) is 46.3 Å².